The van der Waals surface area contributed by atoms with Crippen molar-refractivity contribution in [3.63, 3.8) is 0 Å². The molecule has 4 N–H and O–H groups in total. The molecule has 0 radical (unpaired) electrons. The Hall–Kier alpha value is -7.58. The summed E-state index contributed by atoms with van der Waals surface area (Å²) in [7, 11) is 2.56. The van der Waals surface area contributed by atoms with E-state index in [9.17, 15) is 19.2 Å². The Labute approximate surface area is 377 Å². The van der Waals surface area contributed by atoms with E-state index >= 15 is 0 Å². The van der Waals surface area contributed by atoms with Crippen LogP contribution in [0, 0.1) is 29.6 Å². The molecule has 2 saturated heterocycles. The number of H-pyrrole nitrogens is 2. The van der Waals surface area contributed by atoms with Gasteiger partial charge in [-0.2, -0.15) is 0 Å². The lowest BCUT2D eigenvalue weighted by molar-refractivity contribution is -0.135. The van der Waals surface area contributed by atoms with Gasteiger partial charge in [0.2, 0.25) is 5.91 Å². The fraction of sp³-hybridized carbons (Fsp3) is 0.333. The zero-order chi connectivity index (χ0) is 45.8. The van der Waals surface area contributed by atoms with Crippen LogP contribution < -0.4 is 10.6 Å². The average molecular weight is 873 g/mol. The minimum absolute atomic E-state index is 0.135. The van der Waals surface area contributed by atoms with Crippen molar-refractivity contribution in [2.45, 2.75) is 77.5 Å². The second kappa shape index (κ2) is 19.0. The Balaban J connectivity index is 1.09. The van der Waals surface area contributed by atoms with Crippen LogP contribution in [0.25, 0.3) is 44.2 Å². The summed E-state index contributed by atoms with van der Waals surface area (Å²) < 4.78 is 9.67. The first kappa shape index (κ1) is 44.0. The monoisotopic (exact) mass is 872 g/mol. The summed E-state index contributed by atoms with van der Waals surface area (Å²) in [6.45, 7) is 8.50. The molecule has 0 bridgehead atoms. The number of aromatic amines is 2. The standard InChI is InChI=1S/C51H52N8O6/c1-7-14-33-27-36(39-29-52-46(54-39)40-18-12-24-58(40)49(61)44(57-51(63)65-6)31-16-10-9-11-17-31)28-34(15-8-2)42(33)35-20-22-37-32(26-35)21-23-38-45(37)55-47(53-38)41-19-13-25-59(41)48(60)43(30(3)4)56-50(62)64-5/h9-11,16-17,20-23,26-30,40-41,43-44H,12-13,18-19,24-25H2,1-6H3,(H,52,54)(H,53,55)(H,56,62)(H,57,63)/t40-,41-,43-,44+/m0/s1. The summed E-state index contributed by atoms with van der Waals surface area (Å²) >= 11 is 0. The minimum atomic E-state index is -0.920. The Morgan fingerprint density at radius 3 is 2.05 bits per heavy atom. The van der Waals surface area contributed by atoms with E-state index in [0.29, 0.717) is 36.7 Å². The summed E-state index contributed by atoms with van der Waals surface area (Å²) in [6.07, 6.45) is 3.51. The lowest BCUT2D eigenvalue weighted by Gasteiger charge is -2.29. The van der Waals surface area contributed by atoms with Gasteiger partial charge >= 0.3 is 12.2 Å². The van der Waals surface area contributed by atoms with Gasteiger partial charge in [0.25, 0.3) is 5.91 Å². The van der Waals surface area contributed by atoms with Gasteiger partial charge in [0, 0.05) is 40.7 Å². The SMILES string of the molecule is CC#Cc1cc(-c2cnc([C@@H]3CCCN3C(=O)[C@H](NC(=O)OC)c3ccccc3)[nH]2)cc(C#CC)c1-c1ccc2c(ccc3nc([C@@H]4CCCN4C(=O)[C@@H](NC(=O)OC)C(C)C)[nH]c32)c1. The molecule has 14 nitrogen and oxygen atoms in total. The molecular formula is C51H52N8O6. The highest BCUT2D eigenvalue weighted by Gasteiger charge is 2.39. The molecule has 6 aromatic rings. The third-order valence-electron chi connectivity index (χ3n) is 12.3. The molecule has 4 heterocycles. The van der Waals surface area contributed by atoms with E-state index in [1.807, 2.05) is 81.1 Å². The number of fused-ring (bicyclic) bond motifs is 3. The summed E-state index contributed by atoms with van der Waals surface area (Å²) in [5.74, 6) is 13.7. The first-order valence-corrected chi connectivity index (χ1v) is 21.9. The van der Waals surface area contributed by atoms with E-state index in [2.05, 4.69) is 68.5 Å². The third kappa shape index (κ3) is 8.85. The van der Waals surface area contributed by atoms with E-state index in [1.165, 1.54) is 14.2 Å². The fourth-order valence-electron chi connectivity index (χ4n) is 9.15. The number of alkyl carbamates (subject to hydrolysis) is 2. The van der Waals surface area contributed by atoms with Crippen LogP contribution in [-0.2, 0) is 19.1 Å². The second-order valence-electron chi connectivity index (χ2n) is 16.6. The number of hydrogen-bond acceptors (Lipinski definition) is 8. The van der Waals surface area contributed by atoms with Crippen molar-refractivity contribution in [3.8, 4) is 46.1 Å². The summed E-state index contributed by atoms with van der Waals surface area (Å²) in [5, 5.41) is 7.42. The van der Waals surface area contributed by atoms with Crippen LogP contribution in [0.3, 0.4) is 0 Å². The highest BCUT2D eigenvalue weighted by molar-refractivity contribution is 6.06. The zero-order valence-electron chi connectivity index (χ0n) is 37.4. The smallest absolute Gasteiger partial charge is 0.407 e. The lowest BCUT2D eigenvalue weighted by Crippen LogP contribution is -2.51. The van der Waals surface area contributed by atoms with Crippen molar-refractivity contribution in [2.24, 2.45) is 5.92 Å². The number of ether oxygens (including phenoxy) is 2. The molecule has 4 aromatic carbocycles. The Bertz CT molecular complexity index is 2870. The number of nitrogens with one attached hydrogen (secondary N) is 4. The fourth-order valence-corrected chi connectivity index (χ4v) is 9.15. The van der Waals surface area contributed by atoms with Crippen molar-refractivity contribution in [2.75, 3.05) is 27.3 Å². The number of imidazole rings is 2. The van der Waals surface area contributed by atoms with Crippen molar-refractivity contribution in [3.05, 3.63) is 107 Å². The van der Waals surface area contributed by atoms with Crippen LogP contribution in [0.15, 0.2) is 79.0 Å². The Kier molecular flexibility index (Phi) is 12.9. The van der Waals surface area contributed by atoms with Gasteiger partial charge in [-0.05, 0) is 86.2 Å². The lowest BCUT2D eigenvalue weighted by atomic mass is 9.90. The topological polar surface area (TPSA) is 175 Å². The highest BCUT2D eigenvalue weighted by Crippen LogP contribution is 2.39. The molecular weight excluding hydrogens is 821 g/mol. The van der Waals surface area contributed by atoms with Crippen LogP contribution >= 0.6 is 0 Å². The number of methoxy groups -OCH3 is 2. The van der Waals surface area contributed by atoms with Crippen molar-refractivity contribution < 1.29 is 28.7 Å². The number of carbonyl (C=O) groups is 4. The molecule has 0 unspecified atom stereocenters. The van der Waals surface area contributed by atoms with Crippen LogP contribution in [0.5, 0.6) is 0 Å². The Morgan fingerprint density at radius 2 is 1.40 bits per heavy atom. The number of carbonyl (C=O) groups excluding carboxylic acids is 4. The van der Waals surface area contributed by atoms with Crippen molar-refractivity contribution in [1.82, 2.24) is 40.4 Å². The van der Waals surface area contributed by atoms with E-state index in [4.69, 9.17) is 19.4 Å². The van der Waals surface area contributed by atoms with Crippen LogP contribution in [0.2, 0.25) is 0 Å². The van der Waals surface area contributed by atoms with Crippen molar-refractivity contribution >= 4 is 45.8 Å². The maximum Gasteiger partial charge on any atom is 0.407 e. The summed E-state index contributed by atoms with van der Waals surface area (Å²) in [6, 6.07) is 21.4. The van der Waals surface area contributed by atoms with Gasteiger partial charge in [-0.15, -0.1) is 11.8 Å². The second-order valence-corrected chi connectivity index (χ2v) is 16.6. The number of amides is 4. The number of aromatic nitrogens is 4. The van der Waals surface area contributed by atoms with Crippen molar-refractivity contribution in [1.29, 1.82) is 0 Å². The molecule has 2 aliphatic heterocycles. The van der Waals surface area contributed by atoms with E-state index in [0.717, 1.165) is 74.6 Å². The molecule has 8 rings (SSSR count). The molecule has 4 atom stereocenters. The van der Waals surface area contributed by atoms with Gasteiger partial charge in [-0.1, -0.05) is 74.2 Å². The number of hydrogen-bond donors (Lipinski definition) is 4. The summed E-state index contributed by atoms with van der Waals surface area (Å²) in [5.41, 5.74) is 7.39. The number of rotatable bonds is 10. The van der Waals surface area contributed by atoms with Gasteiger partial charge in [-0.3, -0.25) is 9.59 Å². The number of benzene rings is 4. The van der Waals surface area contributed by atoms with Gasteiger partial charge in [0.1, 0.15) is 23.7 Å². The third-order valence-corrected chi connectivity index (χ3v) is 12.3. The normalized spacial score (nSPS) is 16.7. The maximum atomic E-state index is 14.1. The van der Waals surface area contributed by atoms with Crippen LogP contribution in [0.1, 0.15) is 99.8 Å². The van der Waals surface area contributed by atoms with Gasteiger partial charge < -0.3 is 39.9 Å². The molecule has 332 valence electrons. The number of likely N-dealkylation sites (tertiary alicyclic amines) is 2. The van der Waals surface area contributed by atoms with Gasteiger partial charge in [0.15, 0.2) is 0 Å². The predicted octanol–water partition coefficient (Wildman–Crippen LogP) is 8.32. The highest BCUT2D eigenvalue weighted by atomic mass is 16.5. The first-order valence-electron chi connectivity index (χ1n) is 21.9. The Morgan fingerprint density at radius 1 is 0.754 bits per heavy atom. The quantitative estimate of drug-likeness (QED) is 0.0995. The van der Waals surface area contributed by atoms with E-state index in [-0.39, 0.29) is 29.8 Å². The molecule has 4 amide bonds. The largest absolute Gasteiger partial charge is 0.453 e. The molecule has 14 heteroatoms. The molecule has 2 aromatic heterocycles. The minimum Gasteiger partial charge on any atom is -0.453 e. The van der Waals surface area contributed by atoms with Crippen LogP contribution in [0.4, 0.5) is 9.59 Å². The molecule has 0 saturated carbocycles. The first-order chi connectivity index (χ1) is 31.5. The van der Waals surface area contributed by atoms with Crippen LogP contribution in [-0.4, -0.2) is 87.1 Å². The molecule has 65 heavy (non-hydrogen) atoms. The zero-order valence-corrected chi connectivity index (χ0v) is 37.4. The van der Waals surface area contributed by atoms with Gasteiger partial charge in [-0.25, -0.2) is 19.6 Å². The van der Waals surface area contributed by atoms with E-state index < -0.39 is 24.3 Å². The summed E-state index contributed by atoms with van der Waals surface area (Å²) in [4.78, 5) is 72.9. The van der Waals surface area contributed by atoms with E-state index in [1.54, 1.807) is 11.1 Å². The molecule has 0 aliphatic carbocycles. The average Bonchev–Trinajstić information content (AvgIpc) is 4.16. The molecule has 2 aliphatic rings. The molecule has 2 fully saturated rings. The predicted molar refractivity (Wildman–Crippen MR) is 248 cm³/mol. The maximum absolute atomic E-state index is 14.1. The molecule has 0 spiro atoms. The van der Waals surface area contributed by atoms with Gasteiger partial charge in [0.05, 0.1) is 49.2 Å². The number of nitrogens with zero attached hydrogens (tertiary/aromatic N) is 4.